The molecule has 0 unspecified atom stereocenters. The molecular formula is C15H21ClN2O2. The maximum atomic E-state index is 11.1. The topological polar surface area (TPSA) is 69.2 Å². The zero-order valence-corrected chi connectivity index (χ0v) is 12.4. The minimum Gasteiger partial charge on any atom is -0.325 e. The van der Waals surface area contributed by atoms with Crippen molar-refractivity contribution < 1.29 is 4.92 Å². The zero-order chi connectivity index (χ0) is 14.6. The number of nitro groups is 1. The van der Waals surface area contributed by atoms with Crippen molar-refractivity contribution in [2.24, 2.45) is 5.73 Å². The number of halogens is 1. The van der Waals surface area contributed by atoms with Crippen LogP contribution in [0.2, 0.25) is 5.02 Å². The van der Waals surface area contributed by atoms with E-state index in [1.54, 1.807) is 12.1 Å². The van der Waals surface area contributed by atoms with Gasteiger partial charge in [0.05, 0.1) is 4.92 Å². The molecule has 0 aliphatic heterocycles. The Hall–Kier alpha value is -1.13. The van der Waals surface area contributed by atoms with Gasteiger partial charge in [-0.1, -0.05) is 49.8 Å². The van der Waals surface area contributed by atoms with Crippen LogP contribution in [0, 0.1) is 10.1 Å². The molecular weight excluding hydrogens is 276 g/mol. The molecule has 0 heterocycles. The quantitative estimate of drug-likeness (QED) is 0.670. The van der Waals surface area contributed by atoms with Crippen molar-refractivity contribution in [3.05, 3.63) is 38.9 Å². The second-order valence-corrected chi connectivity index (χ2v) is 6.27. The van der Waals surface area contributed by atoms with Crippen molar-refractivity contribution in [3.63, 3.8) is 0 Å². The van der Waals surface area contributed by atoms with E-state index in [9.17, 15) is 10.1 Å². The summed E-state index contributed by atoms with van der Waals surface area (Å²) < 4.78 is 0. The fourth-order valence-corrected chi connectivity index (χ4v) is 3.19. The van der Waals surface area contributed by atoms with Crippen LogP contribution in [0.5, 0.6) is 0 Å². The van der Waals surface area contributed by atoms with Crippen LogP contribution in [0.3, 0.4) is 0 Å². The van der Waals surface area contributed by atoms with Gasteiger partial charge in [0.1, 0.15) is 0 Å². The molecule has 5 heteroatoms. The van der Waals surface area contributed by atoms with Gasteiger partial charge >= 0.3 is 0 Å². The van der Waals surface area contributed by atoms with E-state index < -0.39 is 0 Å². The highest BCUT2D eigenvalue weighted by molar-refractivity contribution is 6.30. The summed E-state index contributed by atoms with van der Waals surface area (Å²) in [6, 6.07) is 4.87. The molecule has 2 rings (SSSR count). The van der Waals surface area contributed by atoms with Crippen molar-refractivity contribution >= 4 is 17.3 Å². The van der Waals surface area contributed by atoms with Crippen LogP contribution in [-0.2, 0) is 6.42 Å². The molecule has 1 aliphatic rings. The number of nitro benzene ring substituents is 1. The highest BCUT2D eigenvalue weighted by Gasteiger charge is 2.29. The lowest BCUT2D eigenvalue weighted by atomic mass is 9.80. The summed E-state index contributed by atoms with van der Waals surface area (Å²) in [4.78, 5) is 10.8. The van der Waals surface area contributed by atoms with Gasteiger partial charge in [0, 0.05) is 22.2 Å². The lowest BCUT2D eigenvalue weighted by Crippen LogP contribution is -2.42. The van der Waals surface area contributed by atoms with E-state index in [-0.39, 0.29) is 16.1 Å². The second-order valence-electron chi connectivity index (χ2n) is 5.84. The summed E-state index contributed by atoms with van der Waals surface area (Å²) >= 11 is 5.85. The van der Waals surface area contributed by atoms with Gasteiger partial charge in [0.25, 0.3) is 5.69 Å². The first-order valence-corrected chi connectivity index (χ1v) is 7.60. The molecule has 110 valence electrons. The van der Waals surface area contributed by atoms with Crippen molar-refractivity contribution in [1.29, 1.82) is 0 Å². The van der Waals surface area contributed by atoms with Crippen LogP contribution < -0.4 is 5.73 Å². The minimum atomic E-state index is -0.368. The normalized spacial score (nSPS) is 19.1. The fourth-order valence-electron chi connectivity index (χ4n) is 3.02. The maximum absolute atomic E-state index is 11.1. The third-order valence-electron chi connectivity index (χ3n) is 4.14. The Morgan fingerprint density at radius 2 is 1.80 bits per heavy atom. The van der Waals surface area contributed by atoms with Gasteiger partial charge in [0.2, 0.25) is 0 Å². The van der Waals surface area contributed by atoms with Gasteiger partial charge in [-0.25, -0.2) is 0 Å². The fraction of sp³-hybridized carbons (Fsp3) is 0.600. The third-order valence-corrected chi connectivity index (χ3v) is 4.37. The van der Waals surface area contributed by atoms with Crippen molar-refractivity contribution in [1.82, 2.24) is 0 Å². The molecule has 0 aromatic heterocycles. The first-order valence-electron chi connectivity index (χ1n) is 7.22. The first-order chi connectivity index (χ1) is 9.50. The Balaban J connectivity index is 2.21. The molecule has 1 aromatic rings. The largest absolute Gasteiger partial charge is 0.325 e. The molecule has 4 nitrogen and oxygen atoms in total. The summed E-state index contributed by atoms with van der Waals surface area (Å²) in [5.41, 5.74) is 6.98. The van der Waals surface area contributed by atoms with Crippen LogP contribution in [0.4, 0.5) is 5.69 Å². The van der Waals surface area contributed by atoms with Gasteiger partial charge in [-0.2, -0.15) is 0 Å². The highest BCUT2D eigenvalue weighted by atomic mass is 35.5. The average molecular weight is 297 g/mol. The molecule has 20 heavy (non-hydrogen) atoms. The molecule has 0 amide bonds. The Morgan fingerprint density at radius 1 is 1.20 bits per heavy atom. The molecule has 0 saturated heterocycles. The lowest BCUT2D eigenvalue weighted by Gasteiger charge is -2.31. The Kier molecular flexibility index (Phi) is 5.00. The van der Waals surface area contributed by atoms with E-state index in [4.69, 9.17) is 17.3 Å². The minimum absolute atomic E-state index is 0.0874. The number of rotatable bonds is 3. The SMILES string of the molecule is NC1(Cc2ccc(Cl)cc2[N+](=O)[O-])CCCCCCC1. The van der Waals surface area contributed by atoms with Gasteiger partial charge < -0.3 is 5.73 Å². The number of hydrogen-bond acceptors (Lipinski definition) is 3. The number of benzene rings is 1. The molecule has 1 fully saturated rings. The van der Waals surface area contributed by atoms with Crippen molar-refractivity contribution in [3.8, 4) is 0 Å². The summed E-state index contributed by atoms with van der Waals surface area (Å²) in [6.07, 6.45) is 8.34. The molecule has 0 spiro atoms. The monoisotopic (exact) mass is 296 g/mol. The summed E-state index contributed by atoms with van der Waals surface area (Å²) in [6.45, 7) is 0. The lowest BCUT2D eigenvalue weighted by molar-refractivity contribution is -0.385. The Morgan fingerprint density at radius 3 is 2.40 bits per heavy atom. The Labute approximate surface area is 124 Å². The number of nitrogens with zero attached hydrogens (tertiary/aromatic N) is 1. The van der Waals surface area contributed by atoms with Gasteiger partial charge in [-0.15, -0.1) is 0 Å². The van der Waals surface area contributed by atoms with Crippen LogP contribution >= 0.6 is 11.6 Å². The molecule has 1 aliphatic carbocycles. The van der Waals surface area contributed by atoms with Gasteiger partial charge in [-0.05, 0) is 25.3 Å². The van der Waals surface area contributed by atoms with E-state index in [1.165, 1.54) is 25.3 Å². The predicted octanol–water partition coefficient (Wildman–Crippen LogP) is 4.23. The third kappa shape index (κ3) is 3.93. The van der Waals surface area contributed by atoms with Gasteiger partial charge in [0.15, 0.2) is 0 Å². The number of hydrogen-bond donors (Lipinski definition) is 1. The Bertz CT molecular complexity index is 483. The second kappa shape index (κ2) is 6.55. The van der Waals surface area contributed by atoms with E-state index in [0.29, 0.717) is 17.0 Å². The van der Waals surface area contributed by atoms with E-state index in [2.05, 4.69) is 0 Å². The smallest absolute Gasteiger partial charge is 0.274 e. The molecule has 1 aromatic carbocycles. The van der Waals surface area contributed by atoms with E-state index in [0.717, 1.165) is 25.7 Å². The van der Waals surface area contributed by atoms with E-state index in [1.807, 2.05) is 0 Å². The number of nitrogens with two attached hydrogens (primary N) is 1. The molecule has 2 N–H and O–H groups in total. The molecule has 0 atom stereocenters. The highest BCUT2D eigenvalue weighted by Crippen LogP contribution is 2.31. The molecule has 0 radical (unpaired) electrons. The van der Waals surface area contributed by atoms with Crippen molar-refractivity contribution in [2.45, 2.75) is 56.9 Å². The van der Waals surface area contributed by atoms with E-state index >= 15 is 0 Å². The summed E-state index contributed by atoms with van der Waals surface area (Å²) in [5.74, 6) is 0. The summed E-state index contributed by atoms with van der Waals surface area (Å²) in [5, 5.41) is 11.5. The maximum Gasteiger partial charge on any atom is 0.274 e. The first kappa shape index (κ1) is 15.3. The molecule has 0 bridgehead atoms. The van der Waals surface area contributed by atoms with Crippen LogP contribution in [0.25, 0.3) is 0 Å². The van der Waals surface area contributed by atoms with Crippen LogP contribution in [0.1, 0.15) is 50.5 Å². The summed E-state index contributed by atoms with van der Waals surface area (Å²) in [7, 11) is 0. The standard InChI is InChI=1S/C15H21ClN2O2/c16-13-7-6-12(14(10-13)18(19)20)11-15(17)8-4-2-1-3-5-9-15/h6-7,10H,1-5,8-9,11,17H2. The van der Waals surface area contributed by atoms with Gasteiger partial charge in [-0.3, -0.25) is 10.1 Å². The van der Waals surface area contributed by atoms with Crippen LogP contribution in [-0.4, -0.2) is 10.5 Å². The average Bonchev–Trinajstić information content (AvgIpc) is 2.37. The van der Waals surface area contributed by atoms with Crippen molar-refractivity contribution in [2.75, 3.05) is 0 Å². The zero-order valence-electron chi connectivity index (χ0n) is 11.6. The van der Waals surface area contributed by atoms with Crippen LogP contribution in [0.15, 0.2) is 18.2 Å². The predicted molar refractivity (Wildman–Crippen MR) is 81.0 cm³/mol. The molecule has 1 saturated carbocycles.